The molecule has 1 fully saturated rings. The molecule has 0 aromatic carbocycles. The van der Waals surface area contributed by atoms with Crippen molar-refractivity contribution in [3.8, 4) is 0 Å². The molecule has 0 spiro atoms. The molecule has 1 aliphatic rings. The molecule has 0 saturated carbocycles. The van der Waals surface area contributed by atoms with Crippen LogP contribution in [-0.2, 0) is 21.1 Å². The van der Waals surface area contributed by atoms with Gasteiger partial charge in [-0.05, 0) is 12.8 Å². The van der Waals surface area contributed by atoms with Crippen molar-refractivity contribution in [1.82, 2.24) is 15.2 Å². The fraction of sp³-hybridized carbons (Fsp3) is 0.692. The van der Waals surface area contributed by atoms with Crippen molar-refractivity contribution >= 4 is 27.2 Å². The van der Waals surface area contributed by atoms with Crippen LogP contribution < -0.4 is 5.32 Å². The monoisotopic (exact) mass is 347 g/mol. The van der Waals surface area contributed by atoms with E-state index in [2.05, 4.69) is 10.3 Å². The first-order valence-corrected chi connectivity index (χ1v) is 9.83. The summed E-state index contributed by atoms with van der Waals surface area (Å²) in [5.74, 6) is 0.283. The number of hydrogen-bond donors (Lipinski definition) is 1. The highest BCUT2D eigenvalue weighted by Gasteiger charge is 2.26. The van der Waals surface area contributed by atoms with E-state index in [1.54, 1.807) is 18.2 Å². The predicted molar refractivity (Wildman–Crippen MR) is 84.6 cm³/mol. The van der Waals surface area contributed by atoms with E-state index < -0.39 is 9.84 Å². The minimum Gasteiger partial charge on any atom is -0.383 e. The van der Waals surface area contributed by atoms with Gasteiger partial charge < -0.3 is 15.0 Å². The summed E-state index contributed by atoms with van der Waals surface area (Å²) in [6.45, 7) is 1.34. The number of thiazole rings is 1. The van der Waals surface area contributed by atoms with Crippen molar-refractivity contribution < 1.29 is 17.9 Å². The van der Waals surface area contributed by atoms with Crippen LogP contribution in [0.1, 0.15) is 17.8 Å². The Morgan fingerprint density at radius 1 is 1.50 bits per heavy atom. The third kappa shape index (κ3) is 5.22. The maximum Gasteiger partial charge on any atom is 0.318 e. The highest BCUT2D eigenvalue weighted by atomic mass is 32.2. The number of urea groups is 1. The van der Waals surface area contributed by atoms with Gasteiger partial charge in [-0.25, -0.2) is 18.2 Å². The number of amides is 2. The van der Waals surface area contributed by atoms with Crippen LogP contribution in [-0.4, -0.2) is 62.1 Å². The first-order valence-electron chi connectivity index (χ1n) is 7.13. The number of methoxy groups -OCH3 is 1. The van der Waals surface area contributed by atoms with E-state index in [0.29, 0.717) is 32.5 Å². The third-order valence-electron chi connectivity index (χ3n) is 3.54. The Hall–Kier alpha value is -1.19. The summed E-state index contributed by atoms with van der Waals surface area (Å²) in [6.07, 6.45) is 2.66. The minimum atomic E-state index is -2.92. The molecule has 2 rings (SSSR count). The highest BCUT2D eigenvalue weighted by Crippen LogP contribution is 2.13. The van der Waals surface area contributed by atoms with E-state index in [1.165, 1.54) is 11.3 Å². The molecule has 7 nitrogen and oxygen atoms in total. The van der Waals surface area contributed by atoms with Crippen molar-refractivity contribution in [2.24, 2.45) is 0 Å². The van der Waals surface area contributed by atoms with Gasteiger partial charge in [-0.1, -0.05) is 0 Å². The average Bonchev–Trinajstić information content (AvgIpc) is 2.98. The van der Waals surface area contributed by atoms with Crippen LogP contribution in [0.5, 0.6) is 0 Å². The maximum atomic E-state index is 12.4. The van der Waals surface area contributed by atoms with Crippen molar-refractivity contribution in [3.63, 3.8) is 0 Å². The largest absolute Gasteiger partial charge is 0.383 e. The molecular formula is C13H21N3O4S2. The first-order chi connectivity index (χ1) is 10.5. The Morgan fingerprint density at radius 2 is 2.23 bits per heavy atom. The fourth-order valence-corrected chi connectivity index (χ4v) is 4.37. The van der Waals surface area contributed by atoms with E-state index in [9.17, 15) is 13.2 Å². The van der Waals surface area contributed by atoms with Crippen LogP contribution in [0, 0.1) is 0 Å². The fourth-order valence-electron chi connectivity index (χ4n) is 2.25. The molecule has 1 aromatic heterocycles. The molecule has 0 bridgehead atoms. The summed E-state index contributed by atoms with van der Waals surface area (Å²) in [4.78, 5) is 18.2. The number of ether oxygens (including phenoxy) is 1. The summed E-state index contributed by atoms with van der Waals surface area (Å²) in [6, 6.07) is -0.283. The zero-order valence-corrected chi connectivity index (χ0v) is 14.2. The van der Waals surface area contributed by atoms with Gasteiger partial charge in [0.05, 0.1) is 24.7 Å². The molecule has 1 N–H and O–H groups in total. The molecule has 0 atom stereocenters. The number of rotatable bonds is 6. The Kier molecular flexibility index (Phi) is 6.16. The molecule has 124 valence electrons. The van der Waals surface area contributed by atoms with Gasteiger partial charge >= 0.3 is 6.03 Å². The topological polar surface area (TPSA) is 88.6 Å². The molecule has 1 aliphatic heterocycles. The van der Waals surface area contributed by atoms with Gasteiger partial charge in [-0.3, -0.25) is 0 Å². The zero-order valence-electron chi connectivity index (χ0n) is 12.5. The Balaban J connectivity index is 1.90. The van der Waals surface area contributed by atoms with E-state index >= 15 is 0 Å². The molecule has 0 radical (unpaired) electrons. The molecule has 22 heavy (non-hydrogen) atoms. The van der Waals surface area contributed by atoms with E-state index in [1.807, 2.05) is 5.38 Å². The number of carbonyl (C=O) groups is 1. The third-order valence-corrected chi connectivity index (χ3v) is 6.02. The molecular weight excluding hydrogens is 326 g/mol. The van der Waals surface area contributed by atoms with Crippen molar-refractivity contribution in [2.75, 3.05) is 31.8 Å². The van der Waals surface area contributed by atoms with Gasteiger partial charge in [0.15, 0.2) is 0 Å². The lowest BCUT2D eigenvalue weighted by Gasteiger charge is -2.27. The van der Waals surface area contributed by atoms with Gasteiger partial charge in [-0.2, -0.15) is 0 Å². The standard InChI is InChI=1S/C13H21N3O4S2/c1-20-6-5-16(10-12-14-4-7-21-12)13(17)15-11-2-8-22(18,19)9-3-11/h4,7,11H,2-3,5-6,8-10H2,1H3,(H,15,17). The number of hydrogen-bond acceptors (Lipinski definition) is 6. The molecule has 2 heterocycles. The summed E-state index contributed by atoms with van der Waals surface area (Å²) >= 11 is 1.50. The number of nitrogens with one attached hydrogen (secondary N) is 1. The molecule has 2 amide bonds. The Labute approximate surface area is 134 Å². The highest BCUT2D eigenvalue weighted by molar-refractivity contribution is 7.91. The smallest absolute Gasteiger partial charge is 0.318 e. The van der Waals surface area contributed by atoms with Crippen molar-refractivity contribution in [1.29, 1.82) is 0 Å². The van der Waals surface area contributed by atoms with Crippen LogP contribution in [0.15, 0.2) is 11.6 Å². The second-order valence-corrected chi connectivity index (χ2v) is 8.50. The molecule has 1 saturated heterocycles. The second kappa shape index (κ2) is 7.89. The number of sulfone groups is 1. The van der Waals surface area contributed by atoms with E-state index in [-0.39, 0.29) is 23.6 Å². The molecule has 9 heteroatoms. The number of nitrogens with zero attached hydrogens (tertiary/aromatic N) is 2. The van der Waals surface area contributed by atoms with Crippen LogP contribution in [0.25, 0.3) is 0 Å². The lowest BCUT2D eigenvalue weighted by Crippen LogP contribution is -2.48. The van der Waals surface area contributed by atoms with Crippen molar-refractivity contribution in [3.05, 3.63) is 16.6 Å². The first kappa shape index (κ1) is 17.2. The average molecular weight is 347 g/mol. The van der Waals surface area contributed by atoms with Crippen LogP contribution in [0.3, 0.4) is 0 Å². The number of carbonyl (C=O) groups excluding carboxylic acids is 1. The lowest BCUT2D eigenvalue weighted by atomic mass is 10.1. The molecule has 0 unspecified atom stereocenters. The van der Waals surface area contributed by atoms with E-state index in [4.69, 9.17) is 4.74 Å². The van der Waals surface area contributed by atoms with Crippen LogP contribution >= 0.6 is 11.3 Å². The Morgan fingerprint density at radius 3 is 2.82 bits per heavy atom. The predicted octanol–water partition coefficient (Wildman–Crippen LogP) is 0.878. The SMILES string of the molecule is COCCN(Cc1nccs1)C(=O)NC1CCS(=O)(=O)CC1. The van der Waals surface area contributed by atoms with Gasteiger partial charge in [0, 0.05) is 31.3 Å². The molecule has 1 aromatic rings. The molecule has 0 aliphatic carbocycles. The van der Waals surface area contributed by atoms with Crippen molar-refractivity contribution in [2.45, 2.75) is 25.4 Å². The van der Waals surface area contributed by atoms with E-state index in [0.717, 1.165) is 5.01 Å². The lowest BCUT2D eigenvalue weighted by molar-refractivity contribution is 0.144. The minimum absolute atomic E-state index is 0.0858. The van der Waals surface area contributed by atoms with Gasteiger partial charge in [-0.15, -0.1) is 11.3 Å². The van der Waals surface area contributed by atoms with Gasteiger partial charge in [0.1, 0.15) is 14.8 Å². The summed E-state index contributed by atoms with van der Waals surface area (Å²) < 4.78 is 27.9. The summed E-state index contributed by atoms with van der Waals surface area (Å²) in [7, 11) is -1.33. The zero-order chi connectivity index (χ0) is 16.0. The van der Waals surface area contributed by atoms with Crippen LogP contribution in [0.2, 0.25) is 0 Å². The maximum absolute atomic E-state index is 12.4. The second-order valence-electron chi connectivity index (χ2n) is 5.22. The summed E-state index contributed by atoms with van der Waals surface area (Å²) in [5.41, 5.74) is 0. The summed E-state index contributed by atoms with van der Waals surface area (Å²) in [5, 5.41) is 5.65. The number of aromatic nitrogens is 1. The van der Waals surface area contributed by atoms with Gasteiger partial charge in [0.25, 0.3) is 0 Å². The normalized spacial score (nSPS) is 18.0. The quantitative estimate of drug-likeness (QED) is 0.825. The Bertz CT molecular complexity index is 560. The van der Waals surface area contributed by atoms with Gasteiger partial charge in [0.2, 0.25) is 0 Å². The van der Waals surface area contributed by atoms with Crippen LogP contribution in [0.4, 0.5) is 4.79 Å².